The number of allylic oxidation sites excluding steroid dienone is 9. The molecule has 0 aliphatic rings. The van der Waals surface area contributed by atoms with Gasteiger partial charge in [0.15, 0.2) is 0 Å². The summed E-state index contributed by atoms with van der Waals surface area (Å²) in [5.41, 5.74) is 2.45. The largest absolute Gasteiger partial charge is 0.0991 e. The van der Waals surface area contributed by atoms with E-state index in [1.807, 2.05) is 58.1 Å². The first-order valence-electron chi connectivity index (χ1n) is 5.51. The minimum absolute atomic E-state index is 1.22. The van der Waals surface area contributed by atoms with Crippen LogP contribution in [0.1, 0.15) is 34.6 Å². The molecule has 0 radical (unpaired) electrons. The molecule has 0 rings (SSSR count). The van der Waals surface area contributed by atoms with E-state index in [1.165, 1.54) is 11.1 Å². The quantitative estimate of drug-likeness (QED) is 0.550. The highest BCUT2D eigenvalue weighted by Crippen LogP contribution is 2.11. The molecule has 0 atom stereocenters. The Balaban J connectivity index is 0. The van der Waals surface area contributed by atoms with Gasteiger partial charge in [-0.25, -0.2) is 0 Å². The van der Waals surface area contributed by atoms with Gasteiger partial charge >= 0.3 is 0 Å². The van der Waals surface area contributed by atoms with Crippen LogP contribution in [0.4, 0.5) is 0 Å². The molecule has 0 bridgehead atoms. The highest BCUT2D eigenvalue weighted by Gasteiger charge is 1.91. The van der Waals surface area contributed by atoms with Gasteiger partial charge in [0.1, 0.15) is 0 Å². The van der Waals surface area contributed by atoms with Crippen LogP contribution in [0.5, 0.6) is 0 Å². The molecule has 0 aliphatic heterocycles. The second kappa shape index (κ2) is 12.7. The lowest BCUT2D eigenvalue weighted by Gasteiger charge is -1.99. The van der Waals surface area contributed by atoms with Crippen molar-refractivity contribution < 1.29 is 0 Å². The minimum Gasteiger partial charge on any atom is -0.0991 e. The van der Waals surface area contributed by atoms with Crippen molar-refractivity contribution >= 4 is 0 Å². The van der Waals surface area contributed by atoms with Crippen LogP contribution in [0.25, 0.3) is 0 Å². The van der Waals surface area contributed by atoms with Crippen LogP contribution in [0.3, 0.4) is 0 Å². The zero-order valence-electron chi connectivity index (χ0n) is 10.7. The summed E-state index contributed by atoms with van der Waals surface area (Å²) in [6.45, 7) is 13.8. The Morgan fingerprint density at radius 3 is 2.00 bits per heavy atom. The second-order valence-electron chi connectivity index (χ2n) is 2.73. The molecule has 84 valence electrons. The van der Waals surface area contributed by atoms with Gasteiger partial charge in [0, 0.05) is 0 Å². The molecule has 0 aromatic rings. The van der Waals surface area contributed by atoms with Crippen LogP contribution >= 0.6 is 0 Å². The third-order valence-electron chi connectivity index (χ3n) is 1.64. The molecule has 0 aromatic carbocycles. The van der Waals surface area contributed by atoms with Crippen LogP contribution < -0.4 is 0 Å². The van der Waals surface area contributed by atoms with Crippen molar-refractivity contribution in [3.05, 3.63) is 60.3 Å². The summed E-state index contributed by atoms with van der Waals surface area (Å²) in [6.07, 6.45) is 14.1. The van der Waals surface area contributed by atoms with E-state index >= 15 is 0 Å². The van der Waals surface area contributed by atoms with Crippen molar-refractivity contribution in [2.24, 2.45) is 0 Å². The lowest BCUT2D eigenvalue weighted by atomic mass is 10.1. The minimum atomic E-state index is 1.22. The molecule has 0 heterocycles. The normalized spacial score (nSPS) is 12.9. The maximum atomic E-state index is 3.68. The Morgan fingerprint density at radius 1 is 1.00 bits per heavy atom. The topological polar surface area (TPSA) is 0 Å². The molecule has 0 amide bonds. The van der Waals surface area contributed by atoms with E-state index in [4.69, 9.17) is 0 Å². The molecule has 15 heavy (non-hydrogen) atoms. The average Bonchev–Trinajstić information content (AvgIpc) is 2.27. The first-order chi connectivity index (χ1) is 7.26. The predicted octanol–water partition coefficient (Wildman–Crippen LogP) is 5.22. The Hall–Kier alpha value is -1.30. The fourth-order valence-corrected chi connectivity index (χ4v) is 0.971. The highest BCUT2D eigenvalue weighted by molar-refractivity contribution is 5.41. The van der Waals surface area contributed by atoms with Gasteiger partial charge in [-0.15, -0.1) is 0 Å². The summed E-state index contributed by atoms with van der Waals surface area (Å²) < 4.78 is 0. The summed E-state index contributed by atoms with van der Waals surface area (Å²) in [7, 11) is 0. The van der Waals surface area contributed by atoms with Gasteiger partial charge in [0.05, 0.1) is 0 Å². The van der Waals surface area contributed by atoms with E-state index in [1.54, 1.807) is 0 Å². The average molecular weight is 204 g/mol. The molecule has 0 unspecified atom stereocenters. The van der Waals surface area contributed by atoms with Gasteiger partial charge in [0.2, 0.25) is 0 Å². The SMILES string of the molecule is C=C\C=C(C)/C(/C=C\C)=C\C=C/C.CC. The first-order valence-corrected chi connectivity index (χ1v) is 5.51. The molecule has 0 saturated heterocycles. The second-order valence-corrected chi connectivity index (χ2v) is 2.73. The van der Waals surface area contributed by atoms with E-state index in [2.05, 4.69) is 25.7 Å². The Labute approximate surface area is 95.4 Å². The molecule has 0 spiro atoms. The third-order valence-corrected chi connectivity index (χ3v) is 1.64. The highest BCUT2D eigenvalue weighted by atomic mass is 14.0. The van der Waals surface area contributed by atoms with E-state index < -0.39 is 0 Å². The van der Waals surface area contributed by atoms with Crippen LogP contribution in [0.2, 0.25) is 0 Å². The van der Waals surface area contributed by atoms with E-state index in [0.717, 1.165) is 0 Å². The third kappa shape index (κ3) is 9.01. The smallest absolute Gasteiger partial charge is 0.0231 e. The standard InChI is InChI=1S/C13H18.C2H6/c1-5-8-11-13(10-7-3)12(4)9-6-2;1-2/h5-11H,2H2,1,3-4H3;1-2H3/b8-5-,10-7-,12-9-,13-11-;. The summed E-state index contributed by atoms with van der Waals surface area (Å²) in [5, 5.41) is 0. The summed E-state index contributed by atoms with van der Waals surface area (Å²) in [5.74, 6) is 0. The fraction of sp³-hybridized carbons (Fsp3) is 0.333. The molecule has 0 N–H and O–H groups in total. The van der Waals surface area contributed by atoms with Gasteiger partial charge in [-0.05, 0) is 31.9 Å². The van der Waals surface area contributed by atoms with Crippen LogP contribution in [-0.4, -0.2) is 0 Å². The van der Waals surface area contributed by atoms with Crippen molar-refractivity contribution in [2.75, 3.05) is 0 Å². The van der Waals surface area contributed by atoms with Gasteiger partial charge < -0.3 is 0 Å². The Kier molecular flexibility index (Phi) is 13.7. The van der Waals surface area contributed by atoms with Crippen molar-refractivity contribution in [1.29, 1.82) is 0 Å². The number of hydrogen-bond donors (Lipinski definition) is 0. The fourth-order valence-electron chi connectivity index (χ4n) is 0.971. The molecular weight excluding hydrogens is 180 g/mol. The summed E-state index contributed by atoms with van der Waals surface area (Å²) >= 11 is 0. The molecule has 0 fully saturated rings. The maximum Gasteiger partial charge on any atom is -0.0231 e. The zero-order chi connectivity index (χ0) is 12.1. The predicted molar refractivity (Wildman–Crippen MR) is 73.0 cm³/mol. The molecular formula is C15H24. The summed E-state index contributed by atoms with van der Waals surface area (Å²) in [6, 6.07) is 0. The molecule has 0 aliphatic carbocycles. The van der Waals surface area contributed by atoms with Crippen molar-refractivity contribution in [2.45, 2.75) is 34.6 Å². The van der Waals surface area contributed by atoms with E-state index in [-0.39, 0.29) is 0 Å². The van der Waals surface area contributed by atoms with Crippen LogP contribution in [0.15, 0.2) is 60.3 Å². The van der Waals surface area contributed by atoms with Gasteiger partial charge in [-0.3, -0.25) is 0 Å². The van der Waals surface area contributed by atoms with E-state index in [9.17, 15) is 0 Å². The number of rotatable bonds is 4. The lowest BCUT2D eigenvalue weighted by Crippen LogP contribution is -1.79. The molecule has 0 nitrogen and oxygen atoms in total. The van der Waals surface area contributed by atoms with Crippen LogP contribution in [0, 0.1) is 0 Å². The number of hydrogen-bond acceptors (Lipinski definition) is 0. The van der Waals surface area contributed by atoms with Gasteiger partial charge in [-0.1, -0.05) is 63.0 Å². The zero-order valence-corrected chi connectivity index (χ0v) is 10.7. The van der Waals surface area contributed by atoms with E-state index in [0.29, 0.717) is 0 Å². The van der Waals surface area contributed by atoms with Crippen molar-refractivity contribution in [3.8, 4) is 0 Å². The van der Waals surface area contributed by atoms with Crippen molar-refractivity contribution in [1.82, 2.24) is 0 Å². The Morgan fingerprint density at radius 2 is 1.60 bits per heavy atom. The Bertz CT molecular complexity index is 260. The lowest BCUT2D eigenvalue weighted by molar-refractivity contribution is 1.42. The molecule has 0 heteroatoms. The molecule has 0 saturated carbocycles. The first kappa shape index (κ1) is 16.1. The van der Waals surface area contributed by atoms with Gasteiger partial charge in [-0.2, -0.15) is 0 Å². The maximum absolute atomic E-state index is 3.68. The monoisotopic (exact) mass is 204 g/mol. The van der Waals surface area contributed by atoms with Gasteiger partial charge in [0.25, 0.3) is 0 Å². The van der Waals surface area contributed by atoms with Crippen LogP contribution in [-0.2, 0) is 0 Å². The van der Waals surface area contributed by atoms with Crippen molar-refractivity contribution in [3.63, 3.8) is 0 Å². The summed E-state index contributed by atoms with van der Waals surface area (Å²) in [4.78, 5) is 0. The molecule has 0 aromatic heterocycles.